The summed E-state index contributed by atoms with van der Waals surface area (Å²) >= 11 is 0. The molecule has 6 heteroatoms. The van der Waals surface area contributed by atoms with Crippen molar-refractivity contribution in [3.05, 3.63) is 193 Å². The number of nitrogens with one attached hydrogen (secondary N) is 1. The van der Waals surface area contributed by atoms with Gasteiger partial charge in [-0.3, -0.25) is 5.41 Å². The second kappa shape index (κ2) is 13.7. The molecule has 0 bridgehead atoms. The van der Waals surface area contributed by atoms with Crippen LogP contribution in [0.25, 0.3) is 95.2 Å². The Morgan fingerprint density at radius 3 is 1.91 bits per heavy atom. The summed E-state index contributed by atoms with van der Waals surface area (Å²) in [7, 11) is 0. The second-order valence-electron chi connectivity index (χ2n) is 13.9. The first kappa shape index (κ1) is 33.6. The van der Waals surface area contributed by atoms with E-state index in [1.54, 1.807) is 18.2 Å². The van der Waals surface area contributed by atoms with Crippen molar-refractivity contribution in [2.45, 2.75) is 0 Å². The number of nitriles is 1. The molecule has 10 rings (SSSR count). The number of hydrogen-bond donors (Lipinski definition) is 1. The maximum atomic E-state index is 9.39. The quantitative estimate of drug-likeness (QED) is 0.184. The molecule has 7 aromatic carbocycles. The fourth-order valence-corrected chi connectivity index (χ4v) is 7.80. The first-order chi connectivity index (χ1) is 28.1. The zero-order chi connectivity index (χ0) is 38.5. The Bertz CT molecular complexity index is 3220. The number of furan rings is 1. The summed E-state index contributed by atoms with van der Waals surface area (Å²) in [6.45, 7) is 4.00. The summed E-state index contributed by atoms with van der Waals surface area (Å²) < 4.78 is 6.24. The lowest BCUT2D eigenvalue weighted by atomic mass is 9.79. The van der Waals surface area contributed by atoms with Gasteiger partial charge in [0.25, 0.3) is 0 Å². The van der Waals surface area contributed by atoms with E-state index in [4.69, 9.17) is 19.4 Å². The Kier molecular flexibility index (Phi) is 8.06. The van der Waals surface area contributed by atoms with Crippen molar-refractivity contribution in [3.63, 3.8) is 0 Å². The number of para-hydroxylation sites is 1. The van der Waals surface area contributed by atoms with Crippen molar-refractivity contribution >= 4 is 55.6 Å². The molecule has 1 aliphatic rings. The summed E-state index contributed by atoms with van der Waals surface area (Å²) in [6.07, 6.45) is 5.74. The molecule has 0 amide bonds. The monoisotopic (exact) mass is 729 g/mol. The van der Waals surface area contributed by atoms with Crippen LogP contribution in [-0.4, -0.2) is 20.7 Å². The van der Waals surface area contributed by atoms with E-state index < -0.39 is 0 Å². The summed E-state index contributed by atoms with van der Waals surface area (Å²) in [4.78, 5) is 15.1. The molecule has 2 heterocycles. The van der Waals surface area contributed by atoms with Gasteiger partial charge in [-0.25, -0.2) is 15.0 Å². The third kappa shape index (κ3) is 5.83. The average Bonchev–Trinajstić information content (AvgIpc) is 3.65. The summed E-state index contributed by atoms with van der Waals surface area (Å²) in [6, 6.07) is 52.6. The Labute approximate surface area is 328 Å². The topological polar surface area (TPSA) is 99.5 Å². The fraction of sp³-hybridized carbons (Fsp3) is 0. The van der Waals surface area contributed by atoms with Crippen LogP contribution in [0.4, 0.5) is 0 Å². The Hall–Kier alpha value is -8.01. The molecule has 0 unspecified atom stereocenters. The van der Waals surface area contributed by atoms with Crippen LogP contribution in [0, 0.1) is 16.7 Å². The van der Waals surface area contributed by atoms with Crippen molar-refractivity contribution in [2.24, 2.45) is 0 Å². The normalized spacial score (nSPS) is 13.1. The maximum absolute atomic E-state index is 9.39. The van der Waals surface area contributed by atoms with Crippen molar-refractivity contribution < 1.29 is 4.42 Å². The number of benzene rings is 7. The molecule has 1 aliphatic carbocycles. The van der Waals surface area contributed by atoms with E-state index >= 15 is 0 Å². The molecule has 266 valence electrons. The highest BCUT2D eigenvalue weighted by molar-refractivity contribution is 6.48. The van der Waals surface area contributed by atoms with Gasteiger partial charge in [-0.1, -0.05) is 128 Å². The van der Waals surface area contributed by atoms with Crippen LogP contribution in [0.3, 0.4) is 0 Å². The largest absolute Gasteiger partial charge is 0.456 e. The minimum atomic E-state index is 0.397. The zero-order valence-corrected chi connectivity index (χ0v) is 30.6. The van der Waals surface area contributed by atoms with Gasteiger partial charge in [-0.2, -0.15) is 5.26 Å². The van der Waals surface area contributed by atoms with Crippen molar-refractivity contribution in [1.29, 1.82) is 10.7 Å². The summed E-state index contributed by atoms with van der Waals surface area (Å²) in [5, 5.41) is 23.0. The van der Waals surface area contributed by atoms with Crippen LogP contribution < -0.4 is 0 Å². The molecule has 0 saturated heterocycles. The van der Waals surface area contributed by atoms with Gasteiger partial charge >= 0.3 is 0 Å². The van der Waals surface area contributed by atoms with Gasteiger partial charge in [0, 0.05) is 38.6 Å². The molecule has 9 aromatic rings. The average molecular weight is 730 g/mol. The molecule has 57 heavy (non-hydrogen) atoms. The summed E-state index contributed by atoms with van der Waals surface area (Å²) in [5.41, 5.74) is 11.6. The molecular formula is C51H31N5O. The molecule has 0 atom stereocenters. The second-order valence-corrected chi connectivity index (χ2v) is 13.9. The van der Waals surface area contributed by atoms with Crippen LogP contribution in [0.5, 0.6) is 0 Å². The van der Waals surface area contributed by atoms with E-state index in [1.165, 1.54) is 0 Å². The first-order valence-corrected chi connectivity index (χ1v) is 18.6. The molecule has 0 fully saturated rings. The van der Waals surface area contributed by atoms with Crippen molar-refractivity contribution in [3.8, 4) is 51.4 Å². The lowest BCUT2D eigenvalue weighted by Crippen LogP contribution is -2.11. The molecule has 0 saturated carbocycles. The number of allylic oxidation sites excluding steroid dienone is 4. The smallest absolute Gasteiger partial charge is 0.164 e. The van der Waals surface area contributed by atoms with Gasteiger partial charge in [0.2, 0.25) is 0 Å². The highest BCUT2D eigenvalue weighted by Crippen LogP contribution is 2.43. The first-order valence-electron chi connectivity index (χ1n) is 18.6. The molecule has 1 N–H and O–H groups in total. The lowest BCUT2D eigenvalue weighted by molar-refractivity contribution is 0.669. The summed E-state index contributed by atoms with van der Waals surface area (Å²) in [5.74, 6) is 1.68. The van der Waals surface area contributed by atoms with Gasteiger partial charge in [-0.15, -0.1) is 0 Å². The molecule has 0 radical (unpaired) electrons. The number of rotatable bonds is 6. The van der Waals surface area contributed by atoms with E-state index in [-0.39, 0.29) is 0 Å². The maximum Gasteiger partial charge on any atom is 0.164 e. The van der Waals surface area contributed by atoms with E-state index in [1.807, 2.05) is 91.0 Å². The molecule has 6 nitrogen and oxygen atoms in total. The SMILES string of the molecule is C=C/C=C1\C(=N)C(c2ccc(C#N)cc2)=Cc2c1cc(-c1cccc(-c3nc(-c4ccccc4)nc(-c4ccc5c(c4)oc4ccccc45)n3)c1)c1ccccc21. The Morgan fingerprint density at radius 1 is 0.544 bits per heavy atom. The van der Waals surface area contributed by atoms with Crippen molar-refractivity contribution in [1.82, 2.24) is 15.0 Å². The predicted octanol–water partition coefficient (Wildman–Crippen LogP) is 12.6. The molecule has 0 aliphatic heterocycles. The standard InChI is InChI=1S/C51H31N5O/c1-2-11-41-45-28-42(37-16-6-7-17-38(37)44(45)29-43(48(41)53)32-22-20-31(30-52)21-23-32)34-14-10-15-35(26-34)50-54-49(33-12-4-3-5-13-33)55-51(56-50)36-24-25-40-39-18-8-9-19-46(39)57-47(40)27-36/h2-29,53H,1H2/b41-11-,53-48?. The highest BCUT2D eigenvalue weighted by atomic mass is 16.3. The number of nitrogens with zero attached hydrogens (tertiary/aromatic N) is 4. The van der Waals surface area contributed by atoms with Gasteiger partial charge in [-0.05, 0) is 87.1 Å². The minimum absolute atomic E-state index is 0.397. The molecular weight excluding hydrogens is 699 g/mol. The van der Waals surface area contributed by atoms with Gasteiger partial charge in [0.15, 0.2) is 17.5 Å². The number of aromatic nitrogens is 3. The van der Waals surface area contributed by atoms with Crippen molar-refractivity contribution in [2.75, 3.05) is 0 Å². The molecule has 0 spiro atoms. The van der Waals surface area contributed by atoms with E-state index in [9.17, 15) is 10.7 Å². The van der Waals surface area contributed by atoms with Crippen LogP contribution in [-0.2, 0) is 0 Å². The van der Waals surface area contributed by atoms with E-state index in [0.29, 0.717) is 28.7 Å². The van der Waals surface area contributed by atoms with Gasteiger partial charge < -0.3 is 4.42 Å². The third-order valence-corrected chi connectivity index (χ3v) is 10.5. The Morgan fingerprint density at radius 2 is 1.16 bits per heavy atom. The van der Waals surface area contributed by atoms with Gasteiger partial charge in [0.05, 0.1) is 17.3 Å². The zero-order valence-electron chi connectivity index (χ0n) is 30.6. The Balaban J connectivity index is 1.13. The lowest BCUT2D eigenvalue weighted by Gasteiger charge is -2.24. The van der Waals surface area contributed by atoms with E-state index in [0.717, 1.165) is 88.4 Å². The number of fused-ring (bicyclic) bond motifs is 6. The van der Waals surface area contributed by atoms with E-state index in [2.05, 4.69) is 73.3 Å². The van der Waals surface area contributed by atoms with Crippen LogP contribution in [0.1, 0.15) is 22.3 Å². The predicted molar refractivity (Wildman–Crippen MR) is 231 cm³/mol. The minimum Gasteiger partial charge on any atom is -0.456 e. The highest BCUT2D eigenvalue weighted by Gasteiger charge is 2.25. The van der Waals surface area contributed by atoms with Crippen LogP contribution >= 0.6 is 0 Å². The molecule has 2 aromatic heterocycles. The van der Waals surface area contributed by atoms with Crippen LogP contribution in [0.15, 0.2) is 175 Å². The number of hydrogen-bond acceptors (Lipinski definition) is 6. The van der Waals surface area contributed by atoms with Gasteiger partial charge in [0.1, 0.15) is 11.2 Å². The van der Waals surface area contributed by atoms with Crippen LogP contribution in [0.2, 0.25) is 0 Å². The third-order valence-electron chi connectivity index (χ3n) is 10.5. The fourth-order valence-electron chi connectivity index (χ4n) is 7.80.